The fourth-order valence-electron chi connectivity index (χ4n) is 0.864. The standard InChI is InChI=1S/C8H12N2O3S/c1-2-3-4-7-14(11,12)13-10-6-5-9-8-10/h2,5-6,8H,1,3-4,7H2. The summed E-state index contributed by atoms with van der Waals surface area (Å²) in [5, 5.41) is 0. The summed E-state index contributed by atoms with van der Waals surface area (Å²) in [5.74, 6) is -0.0167. The van der Waals surface area contributed by atoms with Crippen LogP contribution in [0, 0.1) is 0 Å². The first-order valence-corrected chi connectivity index (χ1v) is 5.73. The van der Waals surface area contributed by atoms with Crippen molar-refractivity contribution in [3.05, 3.63) is 31.4 Å². The van der Waals surface area contributed by atoms with E-state index in [0.29, 0.717) is 12.8 Å². The molecule has 0 aliphatic heterocycles. The zero-order chi connectivity index (χ0) is 10.4. The van der Waals surface area contributed by atoms with E-state index in [0.717, 1.165) is 4.73 Å². The van der Waals surface area contributed by atoms with Crippen LogP contribution in [0.5, 0.6) is 0 Å². The van der Waals surface area contributed by atoms with Crippen LogP contribution in [0.4, 0.5) is 0 Å². The van der Waals surface area contributed by atoms with Crippen molar-refractivity contribution in [3.63, 3.8) is 0 Å². The molecule has 78 valence electrons. The van der Waals surface area contributed by atoms with Gasteiger partial charge in [-0.25, -0.2) is 4.98 Å². The zero-order valence-corrected chi connectivity index (χ0v) is 8.48. The van der Waals surface area contributed by atoms with Gasteiger partial charge in [-0.15, -0.1) is 6.58 Å². The minimum absolute atomic E-state index is 0.0167. The summed E-state index contributed by atoms with van der Waals surface area (Å²) in [6, 6.07) is 0. The highest BCUT2D eigenvalue weighted by atomic mass is 32.2. The average molecular weight is 216 g/mol. The van der Waals surface area contributed by atoms with Crippen LogP contribution in [-0.2, 0) is 10.1 Å². The Bertz CT molecular complexity index is 369. The van der Waals surface area contributed by atoms with Gasteiger partial charge < -0.3 is 0 Å². The normalized spacial score (nSPS) is 11.1. The Morgan fingerprint density at radius 3 is 2.93 bits per heavy atom. The number of hydrogen-bond acceptors (Lipinski definition) is 4. The quantitative estimate of drug-likeness (QED) is 0.516. The number of nitrogens with zero attached hydrogens (tertiary/aromatic N) is 2. The Hall–Kier alpha value is -1.30. The highest BCUT2D eigenvalue weighted by Crippen LogP contribution is 1.97. The van der Waals surface area contributed by atoms with Gasteiger partial charge in [-0.05, 0) is 12.8 Å². The summed E-state index contributed by atoms with van der Waals surface area (Å²) in [4.78, 5) is 3.66. The van der Waals surface area contributed by atoms with Crippen molar-refractivity contribution in [2.45, 2.75) is 12.8 Å². The fourth-order valence-corrected chi connectivity index (χ4v) is 1.81. The summed E-state index contributed by atoms with van der Waals surface area (Å²) in [6.45, 7) is 3.51. The molecule has 0 saturated carbocycles. The van der Waals surface area contributed by atoms with E-state index in [1.807, 2.05) is 0 Å². The Balaban J connectivity index is 2.46. The van der Waals surface area contributed by atoms with E-state index in [1.165, 1.54) is 18.7 Å². The maximum atomic E-state index is 11.3. The topological polar surface area (TPSA) is 61.2 Å². The molecule has 0 aromatic carbocycles. The van der Waals surface area contributed by atoms with Gasteiger partial charge in [0.1, 0.15) is 6.33 Å². The van der Waals surface area contributed by atoms with Gasteiger partial charge in [0.15, 0.2) is 0 Å². The highest BCUT2D eigenvalue weighted by molar-refractivity contribution is 7.86. The van der Waals surface area contributed by atoms with Gasteiger partial charge in [0.05, 0.1) is 11.9 Å². The molecule has 0 unspecified atom stereocenters. The third-order valence-electron chi connectivity index (χ3n) is 1.48. The van der Waals surface area contributed by atoms with Crippen molar-refractivity contribution in [1.29, 1.82) is 0 Å². The molecule has 0 N–H and O–H groups in total. The Morgan fingerprint density at radius 1 is 1.57 bits per heavy atom. The lowest BCUT2D eigenvalue weighted by Gasteiger charge is -2.04. The SMILES string of the molecule is C=CCCCS(=O)(=O)On1ccnc1. The molecular weight excluding hydrogens is 204 g/mol. The van der Waals surface area contributed by atoms with E-state index >= 15 is 0 Å². The van der Waals surface area contributed by atoms with Crippen molar-refractivity contribution in [2.24, 2.45) is 0 Å². The number of unbranched alkanes of at least 4 members (excludes halogenated alkanes) is 1. The number of imidazole rings is 1. The minimum atomic E-state index is -3.50. The Morgan fingerprint density at radius 2 is 2.36 bits per heavy atom. The molecule has 0 radical (unpaired) electrons. The lowest BCUT2D eigenvalue weighted by atomic mass is 10.3. The number of rotatable bonds is 6. The van der Waals surface area contributed by atoms with Crippen molar-refractivity contribution in [3.8, 4) is 0 Å². The molecule has 1 aromatic heterocycles. The Labute approximate surface area is 83.1 Å². The average Bonchev–Trinajstić information content (AvgIpc) is 2.56. The van der Waals surface area contributed by atoms with E-state index < -0.39 is 10.1 Å². The highest BCUT2D eigenvalue weighted by Gasteiger charge is 2.11. The molecule has 5 nitrogen and oxygen atoms in total. The first-order chi connectivity index (χ1) is 6.64. The second-order valence-electron chi connectivity index (χ2n) is 2.69. The lowest BCUT2D eigenvalue weighted by Crippen LogP contribution is -2.21. The molecular formula is C8H12N2O3S. The van der Waals surface area contributed by atoms with Gasteiger partial charge in [0.25, 0.3) is 0 Å². The van der Waals surface area contributed by atoms with Crippen LogP contribution in [0.3, 0.4) is 0 Å². The number of aromatic nitrogens is 2. The Kier molecular flexibility index (Phi) is 3.70. The van der Waals surface area contributed by atoms with Crippen LogP contribution in [0.25, 0.3) is 0 Å². The van der Waals surface area contributed by atoms with Gasteiger partial charge in [0.2, 0.25) is 0 Å². The molecule has 0 amide bonds. The first-order valence-electron chi connectivity index (χ1n) is 4.15. The smallest absolute Gasteiger partial charge is 0.286 e. The number of hydrogen-bond donors (Lipinski definition) is 0. The van der Waals surface area contributed by atoms with Crippen LogP contribution in [-0.4, -0.2) is 23.9 Å². The van der Waals surface area contributed by atoms with Gasteiger partial charge in [0, 0.05) is 6.20 Å². The third kappa shape index (κ3) is 3.61. The summed E-state index contributed by atoms with van der Waals surface area (Å²) in [7, 11) is -3.50. The van der Waals surface area contributed by atoms with Crippen LogP contribution in [0.1, 0.15) is 12.8 Å². The number of allylic oxidation sites excluding steroid dienone is 1. The summed E-state index contributed by atoms with van der Waals surface area (Å²) < 4.78 is 28.3. The van der Waals surface area contributed by atoms with Crippen LogP contribution < -0.4 is 4.28 Å². The molecule has 1 heterocycles. The van der Waals surface area contributed by atoms with Crippen molar-refractivity contribution < 1.29 is 12.7 Å². The third-order valence-corrected chi connectivity index (χ3v) is 2.67. The van der Waals surface area contributed by atoms with Crippen LogP contribution >= 0.6 is 0 Å². The van der Waals surface area contributed by atoms with Crippen molar-refractivity contribution >= 4 is 10.1 Å². The molecule has 1 rings (SSSR count). The molecule has 14 heavy (non-hydrogen) atoms. The zero-order valence-electron chi connectivity index (χ0n) is 7.67. The van der Waals surface area contributed by atoms with Gasteiger partial charge in [-0.2, -0.15) is 13.1 Å². The van der Waals surface area contributed by atoms with Gasteiger partial charge >= 0.3 is 10.1 Å². The first kappa shape index (κ1) is 10.8. The molecule has 6 heteroatoms. The van der Waals surface area contributed by atoms with E-state index in [9.17, 15) is 8.42 Å². The molecule has 0 spiro atoms. The molecule has 0 aliphatic carbocycles. The summed E-state index contributed by atoms with van der Waals surface area (Å²) in [6.07, 6.45) is 7.00. The second kappa shape index (κ2) is 4.80. The summed E-state index contributed by atoms with van der Waals surface area (Å²) in [5.41, 5.74) is 0. The van der Waals surface area contributed by atoms with Crippen LogP contribution in [0.15, 0.2) is 31.4 Å². The van der Waals surface area contributed by atoms with Gasteiger partial charge in [-0.3, -0.25) is 4.28 Å². The second-order valence-corrected chi connectivity index (χ2v) is 4.36. The molecule has 0 aliphatic rings. The lowest BCUT2D eigenvalue weighted by molar-refractivity contribution is 0.278. The predicted molar refractivity (Wildman–Crippen MR) is 52.0 cm³/mol. The van der Waals surface area contributed by atoms with E-state index in [-0.39, 0.29) is 5.75 Å². The molecule has 0 atom stereocenters. The molecule has 0 saturated heterocycles. The monoisotopic (exact) mass is 216 g/mol. The van der Waals surface area contributed by atoms with Crippen molar-refractivity contribution in [2.75, 3.05) is 5.75 Å². The largest absolute Gasteiger partial charge is 0.327 e. The summed E-state index contributed by atoms with van der Waals surface area (Å²) >= 11 is 0. The van der Waals surface area contributed by atoms with Gasteiger partial charge in [-0.1, -0.05) is 6.08 Å². The minimum Gasteiger partial charge on any atom is -0.286 e. The molecule has 1 aromatic rings. The van der Waals surface area contributed by atoms with E-state index in [4.69, 9.17) is 0 Å². The fraction of sp³-hybridized carbons (Fsp3) is 0.375. The predicted octanol–water partition coefficient (Wildman–Crippen LogP) is 0.608. The van der Waals surface area contributed by atoms with E-state index in [2.05, 4.69) is 15.8 Å². The van der Waals surface area contributed by atoms with Crippen LogP contribution in [0.2, 0.25) is 0 Å². The maximum absolute atomic E-state index is 11.3. The van der Waals surface area contributed by atoms with Crippen molar-refractivity contribution in [1.82, 2.24) is 9.71 Å². The van der Waals surface area contributed by atoms with E-state index in [1.54, 1.807) is 6.08 Å². The maximum Gasteiger partial charge on any atom is 0.327 e. The molecule has 0 fully saturated rings. The molecule has 0 bridgehead atoms.